The van der Waals surface area contributed by atoms with Crippen LogP contribution in [0.4, 0.5) is 10.2 Å². The number of hydrogen-bond donors (Lipinski definition) is 4. The second-order valence-electron chi connectivity index (χ2n) is 8.78. The molecule has 1 aliphatic carbocycles. The van der Waals surface area contributed by atoms with Gasteiger partial charge in [0.15, 0.2) is 17.5 Å². The molecule has 5 rings (SSSR count). The third kappa shape index (κ3) is 5.68. The molecular formula is C25H27ClFN5OS. The molecule has 0 radical (unpaired) electrons. The van der Waals surface area contributed by atoms with E-state index in [1.165, 1.54) is 5.56 Å². The van der Waals surface area contributed by atoms with Crippen LogP contribution in [-0.4, -0.2) is 36.7 Å². The maximum Gasteiger partial charge on any atom is 0.183 e. The van der Waals surface area contributed by atoms with Crippen molar-refractivity contribution < 1.29 is 9.50 Å². The Morgan fingerprint density at radius 3 is 2.68 bits per heavy atom. The summed E-state index contributed by atoms with van der Waals surface area (Å²) in [5.41, 5.74) is 1.73. The van der Waals surface area contributed by atoms with Crippen molar-refractivity contribution in [1.29, 1.82) is 0 Å². The average molecular weight is 500 g/mol. The zero-order chi connectivity index (χ0) is 24.3. The molecule has 3 aromatic heterocycles. The highest BCUT2D eigenvalue weighted by Gasteiger charge is 2.35. The Hall–Kier alpha value is -2.68. The van der Waals surface area contributed by atoms with Gasteiger partial charge in [0.2, 0.25) is 0 Å². The molecule has 1 saturated carbocycles. The SMILES string of the molecule is CC1(O)CCCCC1Nc1nc(-c2c[nH]c3ncc(Cl)cc23)ncc1F.Cc1ccc(S)cc1. The fourth-order valence-electron chi connectivity index (χ4n) is 4.01. The summed E-state index contributed by atoms with van der Waals surface area (Å²) in [4.78, 5) is 16.7. The number of benzene rings is 1. The molecule has 9 heteroatoms. The summed E-state index contributed by atoms with van der Waals surface area (Å²) in [6.07, 6.45) is 7.80. The summed E-state index contributed by atoms with van der Waals surface area (Å²) in [7, 11) is 0. The number of aromatic amines is 1. The van der Waals surface area contributed by atoms with Gasteiger partial charge in [-0.2, -0.15) is 0 Å². The number of thiol groups is 1. The van der Waals surface area contributed by atoms with Crippen molar-refractivity contribution >= 4 is 41.1 Å². The van der Waals surface area contributed by atoms with Gasteiger partial charge in [-0.25, -0.2) is 19.3 Å². The fourth-order valence-corrected chi connectivity index (χ4v) is 4.32. The van der Waals surface area contributed by atoms with Crippen molar-refractivity contribution in [3.63, 3.8) is 0 Å². The minimum absolute atomic E-state index is 0.0894. The van der Waals surface area contributed by atoms with Crippen molar-refractivity contribution in [3.05, 3.63) is 65.3 Å². The number of halogens is 2. The van der Waals surface area contributed by atoms with E-state index in [4.69, 9.17) is 11.6 Å². The molecular weight excluding hydrogens is 473 g/mol. The molecule has 0 bridgehead atoms. The van der Waals surface area contributed by atoms with Crippen LogP contribution in [0.5, 0.6) is 0 Å². The van der Waals surface area contributed by atoms with E-state index in [2.05, 4.69) is 44.8 Å². The van der Waals surface area contributed by atoms with Gasteiger partial charge in [-0.3, -0.25) is 0 Å². The number of pyridine rings is 1. The van der Waals surface area contributed by atoms with Gasteiger partial charge in [0, 0.05) is 28.2 Å². The molecule has 0 saturated heterocycles. The lowest BCUT2D eigenvalue weighted by molar-refractivity contribution is 0.0103. The molecule has 178 valence electrons. The average Bonchev–Trinajstić information content (AvgIpc) is 3.22. The van der Waals surface area contributed by atoms with Crippen molar-refractivity contribution in [3.8, 4) is 11.4 Å². The molecule has 6 nitrogen and oxygen atoms in total. The minimum atomic E-state index is -0.895. The predicted molar refractivity (Wildman–Crippen MR) is 137 cm³/mol. The van der Waals surface area contributed by atoms with E-state index < -0.39 is 11.4 Å². The number of rotatable bonds is 3. The Bertz CT molecular complexity index is 1260. The van der Waals surface area contributed by atoms with Gasteiger partial charge in [-0.1, -0.05) is 42.1 Å². The normalized spacial score (nSPS) is 20.0. The first kappa shape index (κ1) is 24.4. The van der Waals surface area contributed by atoms with Crippen LogP contribution in [-0.2, 0) is 0 Å². The van der Waals surface area contributed by atoms with E-state index in [9.17, 15) is 9.50 Å². The molecule has 2 unspecified atom stereocenters. The highest BCUT2D eigenvalue weighted by molar-refractivity contribution is 7.80. The van der Waals surface area contributed by atoms with Crippen molar-refractivity contribution in [2.24, 2.45) is 0 Å². The van der Waals surface area contributed by atoms with Gasteiger partial charge in [0.1, 0.15) is 5.65 Å². The van der Waals surface area contributed by atoms with Crippen LogP contribution in [0.15, 0.2) is 53.8 Å². The zero-order valence-corrected chi connectivity index (χ0v) is 20.7. The monoisotopic (exact) mass is 499 g/mol. The van der Waals surface area contributed by atoms with Crippen molar-refractivity contribution in [2.75, 3.05) is 5.32 Å². The third-order valence-corrected chi connectivity index (χ3v) is 6.51. The quantitative estimate of drug-likeness (QED) is 0.252. The van der Waals surface area contributed by atoms with Gasteiger partial charge in [-0.15, -0.1) is 12.6 Å². The zero-order valence-electron chi connectivity index (χ0n) is 19.0. The van der Waals surface area contributed by atoms with Gasteiger partial charge < -0.3 is 15.4 Å². The van der Waals surface area contributed by atoms with E-state index in [1.54, 1.807) is 25.4 Å². The number of nitrogens with one attached hydrogen (secondary N) is 2. The van der Waals surface area contributed by atoms with Gasteiger partial charge in [-0.05, 0) is 44.9 Å². The maximum atomic E-state index is 14.3. The van der Waals surface area contributed by atoms with Crippen LogP contribution in [0.1, 0.15) is 38.2 Å². The number of fused-ring (bicyclic) bond motifs is 1. The summed E-state index contributed by atoms with van der Waals surface area (Å²) >= 11 is 10.2. The standard InChI is InChI=1S/C18H19ClFN5O.C7H8S/c1-18(26)5-3-2-4-14(18)24-17-13(20)9-23-16(25-17)12-8-22-15-11(12)6-10(19)7-21-15;1-6-2-4-7(8)5-3-6/h6-9,14,26H,2-5H2,1H3,(H,21,22)(H,23,24,25);2-5,8H,1H3. The van der Waals surface area contributed by atoms with Crippen LogP contribution in [0.2, 0.25) is 5.02 Å². The summed E-state index contributed by atoms with van der Waals surface area (Å²) < 4.78 is 14.3. The Morgan fingerprint density at radius 2 is 1.97 bits per heavy atom. The molecule has 1 aromatic carbocycles. The third-order valence-electron chi connectivity index (χ3n) is 6.00. The van der Waals surface area contributed by atoms with E-state index in [-0.39, 0.29) is 11.9 Å². The highest BCUT2D eigenvalue weighted by atomic mass is 35.5. The predicted octanol–water partition coefficient (Wildman–Crippen LogP) is 6.20. The lowest BCUT2D eigenvalue weighted by atomic mass is 9.82. The fraction of sp³-hybridized carbons (Fsp3) is 0.320. The number of nitrogens with zero attached hydrogens (tertiary/aromatic N) is 3. The molecule has 3 N–H and O–H groups in total. The molecule has 2 atom stereocenters. The first-order chi connectivity index (χ1) is 16.2. The number of aryl methyl sites for hydroxylation is 1. The first-order valence-corrected chi connectivity index (χ1v) is 12.0. The van der Waals surface area contributed by atoms with Crippen LogP contribution < -0.4 is 5.32 Å². The van der Waals surface area contributed by atoms with Gasteiger partial charge in [0.25, 0.3) is 0 Å². The molecule has 1 fully saturated rings. The van der Waals surface area contributed by atoms with Crippen LogP contribution >= 0.6 is 24.2 Å². The lowest BCUT2D eigenvalue weighted by Gasteiger charge is -2.37. The Morgan fingerprint density at radius 1 is 1.21 bits per heavy atom. The topological polar surface area (TPSA) is 86.7 Å². The molecule has 4 aromatic rings. The number of aromatic nitrogens is 4. The van der Waals surface area contributed by atoms with Crippen LogP contribution in [0, 0.1) is 12.7 Å². The molecule has 0 amide bonds. The Kier molecular flexibility index (Phi) is 7.40. The van der Waals surface area contributed by atoms with Crippen molar-refractivity contribution in [2.45, 2.75) is 56.1 Å². The second-order valence-corrected chi connectivity index (χ2v) is 9.73. The smallest absolute Gasteiger partial charge is 0.183 e. The minimum Gasteiger partial charge on any atom is -0.388 e. The number of H-pyrrole nitrogens is 1. The molecule has 3 heterocycles. The summed E-state index contributed by atoms with van der Waals surface area (Å²) in [6, 6.07) is 9.57. The summed E-state index contributed by atoms with van der Waals surface area (Å²) in [6.45, 7) is 3.84. The maximum absolute atomic E-state index is 14.3. The van der Waals surface area contributed by atoms with E-state index in [1.807, 2.05) is 24.3 Å². The van der Waals surface area contributed by atoms with E-state index in [0.717, 1.165) is 35.7 Å². The van der Waals surface area contributed by atoms with E-state index in [0.29, 0.717) is 28.5 Å². The van der Waals surface area contributed by atoms with Crippen molar-refractivity contribution in [1.82, 2.24) is 19.9 Å². The van der Waals surface area contributed by atoms with Gasteiger partial charge >= 0.3 is 0 Å². The Labute approximate surface area is 208 Å². The molecule has 0 spiro atoms. The first-order valence-electron chi connectivity index (χ1n) is 11.1. The Balaban J connectivity index is 0.000000291. The number of hydrogen-bond acceptors (Lipinski definition) is 6. The number of aliphatic hydroxyl groups is 1. The largest absolute Gasteiger partial charge is 0.388 e. The second kappa shape index (κ2) is 10.3. The van der Waals surface area contributed by atoms with E-state index >= 15 is 0 Å². The molecule has 1 aliphatic rings. The molecule has 34 heavy (non-hydrogen) atoms. The van der Waals surface area contributed by atoms with Crippen LogP contribution in [0.3, 0.4) is 0 Å². The van der Waals surface area contributed by atoms with Crippen LogP contribution in [0.25, 0.3) is 22.4 Å². The summed E-state index contributed by atoms with van der Waals surface area (Å²) in [5, 5.41) is 14.9. The highest BCUT2D eigenvalue weighted by Crippen LogP contribution is 2.32. The summed E-state index contributed by atoms with van der Waals surface area (Å²) in [5.74, 6) is -0.0997. The lowest BCUT2D eigenvalue weighted by Crippen LogP contribution is -2.47. The van der Waals surface area contributed by atoms with Gasteiger partial charge in [0.05, 0.1) is 22.9 Å². The molecule has 0 aliphatic heterocycles. The number of anilines is 1.